The van der Waals surface area contributed by atoms with Crippen LogP contribution >= 0.6 is 0 Å². The van der Waals surface area contributed by atoms with E-state index in [0.717, 1.165) is 10.6 Å². The summed E-state index contributed by atoms with van der Waals surface area (Å²) in [6, 6.07) is 9.72. The molecule has 1 aliphatic rings. The van der Waals surface area contributed by atoms with Gasteiger partial charge in [0.25, 0.3) is 0 Å². The van der Waals surface area contributed by atoms with Gasteiger partial charge in [0.05, 0.1) is 21.2 Å². The average Bonchev–Trinajstić information content (AvgIpc) is 2.78. The standard InChI is InChI=1S/C22H27FN2O5S2/c1-24(2)32(29,30)20-8-6-19(7-9-20)31(27,28)15-12-18-4-3-5-21(23)22(18)25-13-10-17(16-26)11-14-25/h3-9,16-17H,10-15H2,1-2H3. The van der Waals surface area contributed by atoms with Gasteiger partial charge in [-0.3, -0.25) is 0 Å². The first-order valence-corrected chi connectivity index (χ1v) is 13.4. The van der Waals surface area contributed by atoms with Crippen molar-refractivity contribution in [1.82, 2.24) is 4.31 Å². The number of benzene rings is 2. The summed E-state index contributed by atoms with van der Waals surface area (Å²) in [6.45, 7) is 1.07. The Morgan fingerprint density at radius 1 is 1.00 bits per heavy atom. The Labute approximate surface area is 188 Å². The van der Waals surface area contributed by atoms with E-state index in [9.17, 15) is 26.0 Å². The molecule has 0 bridgehead atoms. The summed E-state index contributed by atoms with van der Waals surface area (Å²) >= 11 is 0. The van der Waals surface area contributed by atoms with E-state index >= 15 is 0 Å². The molecule has 0 aliphatic carbocycles. The van der Waals surface area contributed by atoms with Gasteiger partial charge in [0.15, 0.2) is 9.84 Å². The molecule has 1 heterocycles. The van der Waals surface area contributed by atoms with Crippen LogP contribution < -0.4 is 4.90 Å². The van der Waals surface area contributed by atoms with E-state index < -0.39 is 25.7 Å². The highest BCUT2D eigenvalue weighted by molar-refractivity contribution is 7.91. The number of halogens is 1. The first-order chi connectivity index (χ1) is 15.1. The van der Waals surface area contributed by atoms with Gasteiger partial charge in [-0.1, -0.05) is 12.1 Å². The van der Waals surface area contributed by atoms with Gasteiger partial charge in [0, 0.05) is 33.1 Å². The molecule has 1 aliphatic heterocycles. The number of carbonyl (C=O) groups is 1. The molecule has 0 amide bonds. The summed E-state index contributed by atoms with van der Waals surface area (Å²) in [6.07, 6.45) is 2.32. The molecule has 0 atom stereocenters. The molecule has 0 aromatic heterocycles. The minimum atomic E-state index is -3.71. The molecule has 0 N–H and O–H groups in total. The lowest BCUT2D eigenvalue weighted by atomic mass is 9.97. The zero-order valence-corrected chi connectivity index (χ0v) is 19.7. The number of piperidine rings is 1. The van der Waals surface area contributed by atoms with Crippen LogP contribution in [0.15, 0.2) is 52.3 Å². The Balaban J connectivity index is 1.78. The van der Waals surface area contributed by atoms with Gasteiger partial charge < -0.3 is 9.69 Å². The van der Waals surface area contributed by atoms with Gasteiger partial charge in [-0.05, 0) is 55.2 Å². The molecule has 174 valence electrons. The van der Waals surface area contributed by atoms with Crippen LogP contribution in [0.4, 0.5) is 10.1 Å². The first kappa shape index (κ1) is 24.3. The minimum absolute atomic E-state index is 0.00703. The topological polar surface area (TPSA) is 91.8 Å². The summed E-state index contributed by atoms with van der Waals surface area (Å²) < 4.78 is 65.8. The maximum Gasteiger partial charge on any atom is 0.242 e. The van der Waals surface area contributed by atoms with E-state index in [-0.39, 0.29) is 27.9 Å². The molecule has 10 heteroatoms. The van der Waals surface area contributed by atoms with Gasteiger partial charge in [-0.25, -0.2) is 25.5 Å². The van der Waals surface area contributed by atoms with E-state index in [2.05, 4.69) is 0 Å². The van der Waals surface area contributed by atoms with Crippen molar-refractivity contribution in [3.05, 3.63) is 53.8 Å². The minimum Gasteiger partial charge on any atom is -0.369 e. The predicted molar refractivity (Wildman–Crippen MR) is 120 cm³/mol. The molecule has 2 aromatic rings. The van der Waals surface area contributed by atoms with Crippen LogP contribution in [0.2, 0.25) is 0 Å². The van der Waals surface area contributed by atoms with E-state index in [0.29, 0.717) is 37.2 Å². The van der Waals surface area contributed by atoms with Crippen LogP contribution in [0.5, 0.6) is 0 Å². The Bertz CT molecular complexity index is 1170. The van der Waals surface area contributed by atoms with Crippen molar-refractivity contribution in [2.75, 3.05) is 37.8 Å². The van der Waals surface area contributed by atoms with Crippen molar-refractivity contribution in [1.29, 1.82) is 0 Å². The molecule has 7 nitrogen and oxygen atoms in total. The number of hydrogen-bond donors (Lipinski definition) is 0. The van der Waals surface area contributed by atoms with Crippen molar-refractivity contribution < 1.29 is 26.0 Å². The number of para-hydroxylation sites is 1. The molecule has 0 unspecified atom stereocenters. The van der Waals surface area contributed by atoms with Gasteiger partial charge in [0.2, 0.25) is 10.0 Å². The normalized spacial score (nSPS) is 15.8. The quantitative estimate of drug-likeness (QED) is 0.537. The Morgan fingerprint density at radius 2 is 1.59 bits per heavy atom. The van der Waals surface area contributed by atoms with Crippen molar-refractivity contribution in [2.24, 2.45) is 5.92 Å². The molecular weight excluding hydrogens is 455 g/mol. The molecule has 32 heavy (non-hydrogen) atoms. The number of sulfone groups is 1. The maximum atomic E-state index is 14.7. The third kappa shape index (κ3) is 5.19. The van der Waals surface area contributed by atoms with Crippen molar-refractivity contribution >= 4 is 31.8 Å². The number of hydrogen-bond acceptors (Lipinski definition) is 6. The Morgan fingerprint density at radius 3 is 2.16 bits per heavy atom. The van der Waals surface area contributed by atoms with Gasteiger partial charge in [0.1, 0.15) is 12.1 Å². The zero-order chi connectivity index (χ0) is 23.5. The third-order valence-electron chi connectivity index (χ3n) is 5.72. The fourth-order valence-electron chi connectivity index (χ4n) is 3.77. The number of carbonyl (C=O) groups excluding carboxylic acids is 1. The lowest BCUT2D eigenvalue weighted by Gasteiger charge is -2.33. The van der Waals surface area contributed by atoms with Crippen molar-refractivity contribution in [3.8, 4) is 0 Å². The second-order valence-electron chi connectivity index (χ2n) is 8.04. The van der Waals surface area contributed by atoms with Gasteiger partial charge >= 0.3 is 0 Å². The maximum absolute atomic E-state index is 14.7. The van der Waals surface area contributed by atoms with E-state index in [1.807, 2.05) is 4.90 Å². The predicted octanol–water partition coefficient (Wildman–Crippen LogP) is 2.51. The zero-order valence-electron chi connectivity index (χ0n) is 18.1. The lowest BCUT2D eigenvalue weighted by molar-refractivity contribution is -0.111. The third-order valence-corrected chi connectivity index (χ3v) is 9.28. The smallest absolute Gasteiger partial charge is 0.242 e. The van der Waals surface area contributed by atoms with Crippen LogP contribution in [0.3, 0.4) is 0 Å². The lowest BCUT2D eigenvalue weighted by Crippen LogP contribution is -2.35. The number of sulfonamides is 1. The van der Waals surface area contributed by atoms with Crippen LogP contribution in [0.1, 0.15) is 18.4 Å². The molecular formula is C22H27FN2O5S2. The molecule has 0 radical (unpaired) electrons. The summed E-state index contributed by atoms with van der Waals surface area (Å²) in [7, 11) is -4.56. The number of aldehydes is 1. The Kier molecular flexibility index (Phi) is 7.36. The summed E-state index contributed by atoms with van der Waals surface area (Å²) in [5.41, 5.74) is 0.976. The highest BCUT2D eigenvalue weighted by Crippen LogP contribution is 2.30. The van der Waals surface area contributed by atoms with Crippen LogP contribution in [-0.2, 0) is 31.1 Å². The second kappa shape index (κ2) is 9.68. The van der Waals surface area contributed by atoms with Gasteiger partial charge in [-0.15, -0.1) is 0 Å². The van der Waals surface area contributed by atoms with Crippen molar-refractivity contribution in [3.63, 3.8) is 0 Å². The van der Waals surface area contributed by atoms with E-state index in [1.54, 1.807) is 12.1 Å². The van der Waals surface area contributed by atoms with Crippen LogP contribution in [0.25, 0.3) is 0 Å². The number of rotatable bonds is 8. The van der Waals surface area contributed by atoms with Crippen LogP contribution in [0, 0.1) is 11.7 Å². The molecule has 0 spiro atoms. The summed E-state index contributed by atoms with van der Waals surface area (Å²) in [5.74, 6) is -0.683. The van der Waals surface area contributed by atoms with Crippen LogP contribution in [-0.4, -0.2) is 60.4 Å². The number of aryl methyl sites for hydroxylation is 1. The molecule has 1 fully saturated rings. The summed E-state index contributed by atoms with van der Waals surface area (Å²) in [4.78, 5) is 12.9. The first-order valence-electron chi connectivity index (χ1n) is 10.3. The summed E-state index contributed by atoms with van der Waals surface area (Å²) in [5, 5.41) is 0. The molecule has 1 saturated heterocycles. The highest BCUT2D eigenvalue weighted by Gasteiger charge is 2.24. The molecule has 2 aromatic carbocycles. The number of nitrogens with zero attached hydrogens (tertiary/aromatic N) is 2. The van der Waals surface area contributed by atoms with Crippen molar-refractivity contribution in [2.45, 2.75) is 29.1 Å². The highest BCUT2D eigenvalue weighted by atomic mass is 32.2. The van der Waals surface area contributed by atoms with E-state index in [1.165, 1.54) is 44.4 Å². The monoisotopic (exact) mass is 482 g/mol. The van der Waals surface area contributed by atoms with Gasteiger partial charge in [-0.2, -0.15) is 0 Å². The number of anilines is 1. The largest absolute Gasteiger partial charge is 0.369 e. The molecule has 0 saturated carbocycles. The second-order valence-corrected chi connectivity index (χ2v) is 12.3. The Hall–Kier alpha value is -2.30. The average molecular weight is 483 g/mol. The fraction of sp³-hybridized carbons (Fsp3) is 0.409. The van der Waals surface area contributed by atoms with E-state index in [4.69, 9.17) is 0 Å². The molecule has 3 rings (SSSR count). The fourth-order valence-corrected chi connectivity index (χ4v) is 5.94. The SMILES string of the molecule is CN(C)S(=O)(=O)c1ccc(S(=O)(=O)CCc2cccc(F)c2N2CCC(C=O)CC2)cc1.